The fourth-order valence-corrected chi connectivity index (χ4v) is 5.04. The van der Waals surface area contributed by atoms with Gasteiger partial charge in [0.1, 0.15) is 0 Å². The van der Waals surface area contributed by atoms with Crippen LogP contribution in [-0.4, -0.2) is 26.9 Å². The minimum absolute atomic E-state index is 0.235. The summed E-state index contributed by atoms with van der Waals surface area (Å²) in [7, 11) is -1.69. The highest BCUT2D eigenvalue weighted by atomic mass is 35.5. The van der Waals surface area contributed by atoms with Gasteiger partial charge in [0, 0.05) is 28.9 Å². The average molecular weight is 387 g/mol. The predicted octanol–water partition coefficient (Wildman–Crippen LogP) is 4.28. The van der Waals surface area contributed by atoms with Gasteiger partial charge in [-0.05, 0) is 42.8 Å². The van der Waals surface area contributed by atoms with Gasteiger partial charge in [0.15, 0.2) is 0 Å². The molecular weight excluding hydrogens is 368 g/mol. The molecule has 4 rings (SSSR count). The third kappa shape index (κ3) is 3.07. The maximum atomic E-state index is 13.1. The quantitative estimate of drug-likeness (QED) is 0.730. The molecule has 0 saturated heterocycles. The average Bonchev–Trinajstić information content (AvgIpc) is 2.62. The molecule has 26 heavy (non-hydrogen) atoms. The lowest BCUT2D eigenvalue weighted by molar-refractivity contribution is 0.313. The zero-order chi connectivity index (χ0) is 18.3. The smallest absolute Gasteiger partial charge is 0.262 e. The van der Waals surface area contributed by atoms with Gasteiger partial charge in [-0.3, -0.25) is 4.72 Å². The molecule has 0 aromatic heterocycles. The Hall–Kier alpha value is -2.08. The summed E-state index contributed by atoms with van der Waals surface area (Å²) < 4.78 is 29.1. The van der Waals surface area contributed by atoms with E-state index in [0.717, 1.165) is 30.5 Å². The SMILES string of the molecule is CN1CCc2cccc(NS(=O)(=O)c3cccc4c(Cl)cccc34)c2C1. The van der Waals surface area contributed by atoms with Gasteiger partial charge in [-0.2, -0.15) is 0 Å². The molecule has 1 aliphatic rings. The maximum absolute atomic E-state index is 13.1. The fraction of sp³-hybridized carbons (Fsp3) is 0.200. The van der Waals surface area contributed by atoms with E-state index in [4.69, 9.17) is 11.6 Å². The van der Waals surface area contributed by atoms with Crippen molar-refractivity contribution in [3.05, 3.63) is 70.7 Å². The van der Waals surface area contributed by atoms with Crippen molar-refractivity contribution in [1.29, 1.82) is 0 Å². The van der Waals surface area contributed by atoms with Crippen molar-refractivity contribution >= 4 is 38.1 Å². The van der Waals surface area contributed by atoms with Crippen molar-refractivity contribution in [3.8, 4) is 0 Å². The van der Waals surface area contributed by atoms with E-state index in [9.17, 15) is 8.42 Å². The van der Waals surface area contributed by atoms with Gasteiger partial charge in [0.2, 0.25) is 0 Å². The molecule has 3 aromatic carbocycles. The second-order valence-corrected chi connectivity index (χ2v) is 8.69. The summed E-state index contributed by atoms with van der Waals surface area (Å²) >= 11 is 6.23. The van der Waals surface area contributed by atoms with Gasteiger partial charge in [0.25, 0.3) is 10.0 Å². The number of sulfonamides is 1. The van der Waals surface area contributed by atoms with Crippen LogP contribution in [0, 0.1) is 0 Å². The van der Waals surface area contributed by atoms with E-state index in [1.807, 2.05) is 25.2 Å². The highest BCUT2D eigenvalue weighted by Gasteiger charge is 2.22. The summed E-state index contributed by atoms with van der Waals surface area (Å²) in [6, 6.07) is 16.3. The van der Waals surface area contributed by atoms with E-state index in [1.54, 1.807) is 30.3 Å². The second kappa shape index (κ2) is 6.58. The number of likely N-dealkylation sites (N-methyl/N-ethyl adjacent to an activating group) is 1. The molecule has 3 aromatic rings. The van der Waals surface area contributed by atoms with Crippen LogP contribution in [0.1, 0.15) is 11.1 Å². The molecule has 0 amide bonds. The van der Waals surface area contributed by atoms with Gasteiger partial charge in [0.05, 0.1) is 10.6 Å². The number of fused-ring (bicyclic) bond motifs is 2. The number of hydrogen-bond donors (Lipinski definition) is 1. The first kappa shape index (κ1) is 17.3. The predicted molar refractivity (Wildman–Crippen MR) is 106 cm³/mol. The van der Waals surface area contributed by atoms with Crippen molar-refractivity contribution in [2.75, 3.05) is 18.3 Å². The van der Waals surface area contributed by atoms with Gasteiger partial charge >= 0.3 is 0 Å². The van der Waals surface area contributed by atoms with E-state index in [0.29, 0.717) is 16.1 Å². The molecule has 1 aliphatic heterocycles. The monoisotopic (exact) mass is 386 g/mol. The third-order valence-corrected chi connectivity index (χ3v) is 6.58. The summed E-state index contributed by atoms with van der Waals surface area (Å²) in [5.41, 5.74) is 2.89. The van der Waals surface area contributed by atoms with Gasteiger partial charge in [-0.1, -0.05) is 48.0 Å². The van der Waals surface area contributed by atoms with Crippen LogP contribution in [0.4, 0.5) is 5.69 Å². The Balaban J connectivity index is 1.80. The Morgan fingerprint density at radius 3 is 2.58 bits per heavy atom. The van der Waals surface area contributed by atoms with Crippen LogP contribution in [0.25, 0.3) is 10.8 Å². The summed E-state index contributed by atoms with van der Waals surface area (Å²) in [6.07, 6.45) is 0.922. The molecule has 0 fully saturated rings. The summed E-state index contributed by atoms with van der Waals surface area (Å²) in [4.78, 5) is 2.43. The third-order valence-electron chi connectivity index (χ3n) is 4.83. The standard InChI is InChI=1S/C20H19ClN2O2S/c1-23-12-11-14-5-2-9-19(17(14)13-23)22-26(24,25)20-10-4-6-15-16(20)7-3-8-18(15)21/h2-10,22H,11-13H2,1H3. The highest BCUT2D eigenvalue weighted by Crippen LogP contribution is 2.31. The Morgan fingerprint density at radius 1 is 1.00 bits per heavy atom. The molecule has 0 bridgehead atoms. The van der Waals surface area contributed by atoms with Gasteiger partial charge in [-0.25, -0.2) is 8.42 Å². The van der Waals surface area contributed by atoms with Crippen molar-refractivity contribution in [3.63, 3.8) is 0 Å². The molecule has 0 unspecified atom stereocenters. The molecule has 6 heteroatoms. The number of hydrogen-bond acceptors (Lipinski definition) is 3. The molecular formula is C20H19ClN2O2S. The Labute approximate surface area is 158 Å². The van der Waals surface area contributed by atoms with Crippen LogP contribution in [0.15, 0.2) is 59.5 Å². The van der Waals surface area contributed by atoms with E-state index in [-0.39, 0.29) is 4.90 Å². The van der Waals surface area contributed by atoms with Crippen LogP contribution >= 0.6 is 11.6 Å². The normalized spacial score (nSPS) is 15.0. The largest absolute Gasteiger partial charge is 0.302 e. The van der Waals surface area contributed by atoms with Crippen LogP contribution in [0.5, 0.6) is 0 Å². The molecule has 1 N–H and O–H groups in total. The fourth-order valence-electron chi connectivity index (χ4n) is 3.49. The minimum Gasteiger partial charge on any atom is -0.302 e. The van der Waals surface area contributed by atoms with E-state index in [2.05, 4.69) is 15.7 Å². The lowest BCUT2D eigenvalue weighted by atomic mass is 9.99. The van der Waals surface area contributed by atoms with Crippen LogP contribution < -0.4 is 4.72 Å². The van der Waals surface area contributed by atoms with Gasteiger partial charge < -0.3 is 4.90 Å². The number of nitrogens with one attached hydrogen (secondary N) is 1. The highest BCUT2D eigenvalue weighted by molar-refractivity contribution is 7.93. The molecule has 0 aliphatic carbocycles. The molecule has 0 atom stereocenters. The number of benzene rings is 3. The molecule has 134 valence electrons. The molecule has 0 saturated carbocycles. The van der Waals surface area contributed by atoms with E-state index < -0.39 is 10.0 Å². The van der Waals surface area contributed by atoms with Gasteiger partial charge in [-0.15, -0.1) is 0 Å². The molecule has 0 spiro atoms. The summed E-state index contributed by atoms with van der Waals surface area (Å²) in [6.45, 7) is 1.71. The van der Waals surface area contributed by atoms with E-state index in [1.165, 1.54) is 5.56 Å². The van der Waals surface area contributed by atoms with Crippen LogP contribution in [0.2, 0.25) is 5.02 Å². The maximum Gasteiger partial charge on any atom is 0.262 e. The minimum atomic E-state index is -3.73. The number of rotatable bonds is 3. The molecule has 4 nitrogen and oxygen atoms in total. The second-order valence-electron chi connectivity index (χ2n) is 6.63. The Kier molecular flexibility index (Phi) is 4.39. The van der Waals surface area contributed by atoms with Crippen molar-refractivity contribution < 1.29 is 8.42 Å². The zero-order valence-corrected chi connectivity index (χ0v) is 15.9. The van der Waals surface area contributed by atoms with E-state index >= 15 is 0 Å². The first-order chi connectivity index (χ1) is 12.5. The lowest BCUT2D eigenvalue weighted by Crippen LogP contribution is -2.28. The number of anilines is 1. The van der Waals surface area contributed by atoms with Crippen molar-refractivity contribution in [2.45, 2.75) is 17.9 Å². The van der Waals surface area contributed by atoms with Crippen LogP contribution in [-0.2, 0) is 23.0 Å². The molecule has 1 heterocycles. The lowest BCUT2D eigenvalue weighted by Gasteiger charge is -2.27. The summed E-state index contributed by atoms with van der Waals surface area (Å²) in [5, 5.41) is 1.89. The Bertz CT molecular complexity index is 1100. The topological polar surface area (TPSA) is 49.4 Å². The zero-order valence-electron chi connectivity index (χ0n) is 14.4. The Morgan fingerprint density at radius 2 is 1.73 bits per heavy atom. The number of halogens is 1. The molecule has 0 radical (unpaired) electrons. The number of nitrogens with zero attached hydrogens (tertiary/aromatic N) is 1. The first-order valence-corrected chi connectivity index (χ1v) is 10.3. The summed E-state index contributed by atoms with van der Waals surface area (Å²) in [5.74, 6) is 0. The van der Waals surface area contributed by atoms with Crippen LogP contribution in [0.3, 0.4) is 0 Å². The van der Waals surface area contributed by atoms with Crippen molar-refractivity contribution in [2.24, 2.45) is 0 Å². The first-order valence-electron chi connectivity index (χ1n) is 8.45. The van der Waals surface area contributed by atoms with Crippen molar-refractivity contribution in [1.82, 2.24) is 4.90 Å².